The highest BCUT2D eigenvalue weighted by molar-refractivity contribution is 7.21. The van der Waals surface area contributed by atoms with E-state index in [4.69, 9.17) is 28.1 Å². The SMILES string of the molecule is Cl.NC(=O)c1sc2nc3c(c(-c4ccccc4Cl)c2c1N)CCCCC3. The fourth-order valence-electron chi connectivity index (χ4n) is 3.63. The van der Waals surface area contributed by atoms with Gasteiger partial charge in [0.25, 0.3) is 5.91 Å². The number of carbonyl (C=O) groups is 1. The maximum atomic E-state index is 11.8. The number of nitrogens with zero attached hydrogens (tertiary/aromatic N) is 1. The van der Waals surface area contributed by atoms with Gasteiger partial charge in [0, 0.05) is 27.2 Å². The number of primary amides is 1. The molecule has 136 valence electrons. The van der Waals surface area contributed by atoms with Crippen LogP contribution < -0.4 is 11.5 Å². The minimum absolute atomic E-state index is 0. The Labute approximate surface area is 167 Å². The Bertz CT molecular complexity index is 1000. The molecule has 0 saturated carbocycles. The monoisotopic (exact) mass is 407 g/mol. The summed E-state index contributed by atoms with van der Waals surface area (Å²) in [6.45, 7) is 0. The lowest BCUT2D eigenvalue weighted by molar-refractivity contribution is 0.100. The minimum atomic E-state index is -0.513. The predicted molar refractivity (Wildman–Crippen MR) is 112 cm³/mol. The topological polar surface area (TPSA) is 82.0 Å². The van der Waals surface area contributed by atoms with E-state index in [1.807, 2.05) is 24.3 Å². The van der Waals surface area contributed by atoms with Crippen LogP contribution in [0.3, 0.4) is 0 Å². The normalized spacial score (nSPS) is 13.7. The number of hydrogen-bond acceptors (Lipinski definition) is 4. The average molecular weight is 408 g/mol. The Hall–Kier alpha value is -1.82. The van der Waals surface area contributed by atoms with Crippen molar-refractivity contribution in [3.63, 3.8) is 0 Å². The highest BCUT2D eigenvalue weighted by atomic mass is 35.5. The summed E-state index contributed by atoms with van der Waals surface area (Å²) in [6.07, 6.45) is 5.31. The molecule has 1 aliphatic rings. The summed E-state index contributed by atoms with van der Waals surface area (Å²) >= 11 is 7.79. The molecule has 0 saturated heterocycles. The lowest BCUT2D eigenvalue weighted by atomic mass is 9.92. The van der Waals surface area contributed by atoms with Crippen molar-refractivity contribution in [1.29, 1.82) is 0 Å². The van der Waals surface area contributed by atoms with Gasteiger partial charge in [-0.2, -0.15) is 0 Å². The first-order valence-electron chi connectivity index (χ1n) is 8.36. The standard InChI is InChI=1S/C19H18ClN3OS.ClH/c20-12-8-5-4-6-10(12)14-11-7-2-1-3-9-13(11)23-19-15(14)16(21)17(25-19)18(22)24;/h4-6,8H,1-3,7,9,21H2,(H2,22,24);1H. The zero-order valence-corrected chi connectivity index (χ0v) is 16.4. The number of thiophene rings is 1. The first-order valence-corrected chi connectivity index (χ1v) is 9.55. The number of nitrogens with two attached hydrogens (primary N) is 2. The highest BCUT2D eigenvalue weighted by Gasteiger charge is 2.25. The lowest BCUT2D eigenvalue weighted by Crippen LogP contribution is -2.10. The second-order valence-corrected chi connectivity index (χ2v) is 7.75. The molecular formula is C19H19Cl2N3OS. The van der Waals surface area contributed by atoms with E-state index in [0.29, 0.717) is 15.6 Å². The van der Waals surface area contributed by atoms with Crippen LogP contribution >= 0.6 is 35.3 Å². The van der Waals surface area contributed by atoms with Gasteiger partial charge in [-0.3, -0.25) is 4.79 Å². The van der Waals surface area contributed by atoms with Crippen LogP contribution in [0.25, 0.3) is 21.3 Å². The third-order valence-corrected chi connectivity index (χ3v) is 6.21. The van der Waals surface area contributed by atoms with Crippen molar-refractivity contribution >= 4 is 57.2 Å². The van der Waals surface area contributed by atoms with Crippen molar-refractivity contribution in [2.45, 2.75) is 32.1 Å². The van der Waals surface area contributed by atoms with E-state index >= 15 is 0 Å². The Morgan fingerprint density at radius 3 is 2.62 bits per heavy atom. The molecule has 4 nitrogen and oxygen atoms in total. The Kier molecular flexibility index (Phi) is 5.42. The molecule has 1 aromatic carbocycles. The van der Waals surface area contributed by atoms with Crippen molar-refractivity contribution in [2.24, 2.45) is 5.73 Å². The van der Waals surface area contributed by atoms with Crippen molar-refractivity contribution in [3.8, 4) is 11.1 Å². The Balaban J connectivity index is 0.00000196. The molecule has 1 amide bonds. The van der Waals surface area contributed by atoms with Crippen molar-refractivity contribution in [1.82, 2.24) is 4.98 Å². The number of rotatable bonds is 2. The second kappa shape index (κ2) is 7.43. The third-order valence-electron chi connectivity index (χ3n) is 4.77. The molecule has 0 fully saturated rings. The van der Waals surface area contributed by atoms with E-state index in [0.717, 1.165) is 52.7 Å². The van der Waals surface area contributed by atoms with E-state index in [-0.39, 0.29) is 12.4 Å². The van der Waals surface area contributed by atoms with Gasteiger partial charge in [0.05, 0.1) is 5.69 Å². The van der Waals surface area contributed by atoms with Crippen LogP contribution in [0, 0.1) is 0 Å². The number of hydrogen-bond donors (Lipinski definition) is 2. The number of halogens is 2. The van der Waals surface area contributed by atoms with Gasteiger partial charge < -0.3 is 11.5 Å². The summed E-state index contributed by atoms with van der Waals surface area (Å²) in [5.41, 5.74) is 16.5. The maximum Gasteiger partial charge on any atom is 0.260 e. The first-order chi connectivity index (χ1) is 12.1. The van der Waals surface area contributed by atoms with Crippen molar-refractivity contribution in [3.05, 3.63) is 45.4 Å². The molecule has 0 aliphatic heterocycles. The molecule has 1 aliphatic carbocycles. The number of nitrogen functional groups attached to an aromatic ring is 1. The molecular weight excluding hydrogens is 389 g/mol. The number of benzene rings is 1. The molecule has 0 bridgehead atoms. The van der Waals surface area contributed by atoms with Gasteiger partial charge in [0.1, 0.15) is 9.71 Å². The van der Waals surface area contributed by atoms with Gasteiger partial charge >= 0.3 is 0 Å². The van der Waals surface area contributed by atoms with Crippen LogP contribution in [0.1, 0.15) is 40.2 Å². The summed E-state index contributed by atoms with van der Waals surface area (Å²) < 4.78 is 0. The summed E-state index contributed by atoms with van der Waals surface area (Å²) in [6, 6.07) is 7.76. The largest absolute Gasteiger partial charge is 0.397 e. The smallest absolute Gasteiger partial charge is 0.260 e. The fraction of sp³-hybridized carbons (Fsp3) is 0.263. The van der Waals surface area contributed by atoms with Gasteiger partial charge in [-0.15, -0.1) is 23.7 Å². The Morgan fingerprint density at radius 1 is 1.15 bits per heavy atom. The van der Waals surface area contributed by atoms with Crippen LogP contribution in [0.15, 0.2) is 24.3 Å². The van der Waals surface area contributed by atoms with Crippen LogP contribution in [-0.2, 0) is 12.8 Å². The van der Waals surface area contributed by atoms with Crippen LogP contribution in [0.5, 0.6) is 0 Å². The number of anilines is 1. The zero-order chi connectivity index (χ0) is 17.6. The molecule has 2 heterocycles. The van der Waals surface area contributed by atoms with Crippen LogP contribution in [-0.4, -0.2) is 10.9 Å². The third kappa shape index (κ3) is 3.04. The molecule has 0 radical (unpaired) electrons. The van der Waals surface area contributed by atoms with E-state index in [9.17, 15) is 4.79 Å². The quantitative estimate of drug-likeness (QED) is 0.586. The van der Waals surface area contributed by atoms with Gasteiger partial charge in [-0.05, 0) is 37.3 Å². The molecule has 0 atom stereocenters. The predicted octanol–water partition coefficient (Wildman–Crippen LogP) is 4.99. The fourth-order valence-corrected chi connectivity index (χ4v) is 4.83. The molecule has 2 aromatic heterocycles. The van der Waals surface area contributed by atoms with Crippen molar-refractivity contribution in [2.75, 3.05) is 5.73 Å². The van der Waals surface area contributed by atoms with Crippen molar-refractivity contribution < 1.29 is 4.79 Å². The minimum Gasteiger partial charge on any atom is -0.397 e. The number of pyridine rings is 1. The first kappa shape index (κ1) is 19.0. The zero-order valence-electron chi connectivity index (χ0n) is 14.0. The number of fused-ring (bicyclic) bond motifs is 2. The molecule has 0 spiro atoms. The molecule has 4 N–H and O–H groups in total. The van der Waals surface area contributed by atoms with Gasteiger partial charge in [0.2, 0.25) is 0 Å². The summed E-state index contributed by atoms with van der Waals surface area (Å²) in [4.78, 5) is 17.8. The molecule has 3 aromatic rings. The average Bonchev–Trinajstić information content (AvgIpc) is 2.77. The summed E-state index contributed by atoms with van der Waals surface area (Å²) in [5.74, 6) is -0.513. The van der Waals surface area contributed by atoms with E-state index < -0.39 is 5.91 Å². The maximum absolute atomic E-state index is 11.8. The number of carbonyl (C=O) groups excluding carboxylic acids is 1. The summed E-state index contributed by atoms with van der Waals surface area (Å²) in [7, 11) is 0. The van der Waals surface area contributed by atoms with Gasteiger partial charge in [-0.1, -0.05) is 36.2 Å². The number of aromatic nitrogens is 1. The Morgan fingerprint density at radius 2 is 1.88 bits per heavy atom. The van der Waals surface area contributed by atoms with E-state index in [1.165, 1.54) is 23.3 Å². The summed E-state index contributed by atoms with van der Waals surface area (Å²) in [5, 5.41) is 1.49. The molecule has 4 rings (SSSR count). The molecule has 26 heavy (non-hydrogen) atoms. The van der Waals surface area contributed by atoms with Crippen LogP contribution in [0.2, 0.25) is 5.02 Å². The number of amides is 1. The van der Waals surface area contributed by atoms with Crippen LogP contribution in [0.4, 0.5) is 5.69 Å². The second-order valence-electron chi connectivity index (χ2n) is 6.34. The van der Waals surface area contributed by atoms with Gasteiger partial charge in [-0.25, -0.2) is 4.98 Å². The highest BCUT2D eigenvalue weighted by Crippen LogP contribution is 2.44. The van der Waals surface area contributed by atoms with E-state index in [2.05, 4.69) is 0 Å². The lowest BCUT2D eigenvalue weighted by Gasteiger charge is -2.15. The molecule has 0 unspecified atom stereocenters. The van der Waals surface area contributed by atoms with Gasteiger partial charge in [0.15, 0.2) is 0 Å². The van der Waals surface area contributed by atoms with E-state index in [1.54, 1.807) is 0 Å². The number of aryl methyl sites for hydroxylation is 1. The molecule has 7 heteroatoms.